The highest BCUT2D eigenvalue weighted by molar-refractivity contribution is 7.99. The van der Waals surface area contributed by atoms with Crippen LogP contribution in [0, 0.1) is 5.92 Å². The molecule has 3 aromatic carbocycles. The van der Waals surface area contributed by atoms with Crippen LogP contribution in [0.5, 0.6) is 0 Å². The molecule has 1 heterocycles. The molecule has 0 saturated heterocycles. The minimum Gasteiger partial charge on any atom is -0.377 e. The summed E-state index contributed by atoms with van der Waals surface area (Å²) in [6.45, 7) is 9.05. The molecule has 0 fully saturated rings. The molecule has 1 aliphatic heterocycles. The highest BCUT2D eigenvalue weighted by Crippen LogP contribution is 2.59. The summed E-state index contributed by atoms with van der Waals surface area (Å²) in [7, 11) is 0. The molecular formula is C26H25NS. The van der Waals surface area contributed by atoms with E-state index in [-0.39, 0.29) is 6.04 Å². The molecule has 1 aliphatic carbocycles. The topological polar surface area (TPSA) is 12.0 Å². The first-order valence-electron chi connectivity index (χ1n) is 10.0. The van der Waals surface area contributed by atoms with Crippen molar-refractivity contribution in [3.8, 4) is 0 Å². The number of benzene rings is 3. The second-order valence-corrected chi connectivity index (χ2v) is 9.30. The lowest BCUT2D eigenvalue weighted by molar-refractivity contribution is 0.585. The van der Waals surface area contributed by atoms with Crippen LogP contribution >= 0.6 is 11.8 Å². The molecule has 1 N–H and O–H groups in total. The third kappa shape index (κ3) is 2.79. The van der Waals surface area contributed by atoms with Crippen molar-refractivity contribution in [1.82, 2.24) is 0 Å². The van der Waals surface area contributed by atoms with Crippen molar-refractivity contribution in [3.63, 3.8) is 0 Å². The third-order valence-corrected chi connectivity index (χ3v) is 7.54. The first-order chi connectivity index (χ1) is 13.6. The fraction of sp³-hybridized carbons (Fsp3) is 0.231. The first-order valence-corrected chi connectivity index (χ1v) is 10.9. The second kappa shape index (κ2) is 6.86. The predicted octanol–water partition coefficient (Wildman–Crippen LogP) is 7.45. The minimum atomic E-state index is 0.259. The van der Waals surface area contributed by atoms with Gasteiger partial charge in [-0.15, -0.1) is 11.8 Å². The van der Waals surface area contributed by atoms with Crippen LogP contribution < -0.4 is 5.32 Å². The molecular weight excluding hydrogens is 358 g/mol. The van der Waals surface area contributed by atoms with Gasteiger partial charge < -0.3 is 5.32 Å². The van der Waals surface area contributed by atoms with Crippen LogP contribution in [-0.2, 0) is 0 Å². The summed E-state index contributed by atoms with van der Waals surface area (Å²) in [5.74, 6) is 0.886. The van der Waals surface area contributed by atoms with Gasteiger partial charge in [-0.25, -0.2) is 0 Å². The average molecular weight is 384 g/mol. The van der Waals surface area contributed by atoms with Gasteiger partial charge in [0, 0.05) is 21.8 Å². The average Bonchev–Trinajstić information content (AvgIpc) is 2.89. The summed E-state index contributed by atoms with van der Waals surface area (Å²) in [6.07, 6.45) is 0. The Kier molecular flexibility index (Phi) is 4.32. The molecule has 0 amide bonds. The van der Waals surface area contributed by atoms with Crippen LogP contribution in [0.3, 0.4) is 0 Å². The van der Waals surface area contributed by atoms with Crippen LogP contribution in [-0.4, -0.2) is 0 Å². The van der Waals surface area contributed by atoms with Crippen LogP contribution in [0.25, 0.3) is 5.57 Å². The fourth-order valence-electron chi connectivity index (χ4n) is 4.57. The monoisotopic (exact) mass is 383 g/mol. The molecule has 0 saturated carbocycles. The molecule has 3 atom stereocenters. The normalized spacial score (nSPS) is 22.8. The van der Waals surface area contributed by atoms with E-state index in [4.69, 9.17) is 0 Å². The number of rotatable bonds is 2. The molecule has 0 bridgehead atoms. The molecule has 2 aliphatic rings. The number of anilines is 1. The summed E-state index contributed by atoms with van der Waals surface area (Å²) >= 11 is 1.97. The van der Waals surface area contributed by atoms with Crippen molar-refractivity contribution < 1.29 is 0 Å². The molecule has 5 rings (SSSR count). The van der Waals surface area contributed by atoms with E-state index in [2.05, 4.69) is 98.5 Å². The van der Waals surface area contributed by atoms with Crippen molar-refractivity contribution in [1.29, 1.82) is 0 Å². The molecule has 2 heteroatoms. The van der Waals surface area contributed by atoms with Crippen molar-refractivity contribution in [2.45, 2.75) is 36.0 Å². The lowest BCUT2D eigenvalue weighted by atomic mass is 9.88. The van der Waals surface area contributed by atoms with E-state index in [1.54, 1.807) is 0 Å². The number of para-hydroxylation sites is 1. The summed E-state index contributed by atoms with van der Waals surface area (Å²) in [4.78, 5) is 1.32. The van der Waals surface area contributed by atoms with Crippen molar-refractivity contribution in [2.75, 3.05) is 5.32 Å². The van der Waals surface area contributed by atoms with E-state index in [1.807, 2.05) is 11.8 Å². The van der Waals surface area contributed by atoms with Gasteiger partial charge in [-0.05, 0) is 45.9 Å². The number of hydrogen-bond acceptors (Lipinski definition) is 2. The van der Waals surface area contributed by atoms with Gasteiger partial charge >= 0.3 is 0 Å². The van der Waals surface area contributed by atoms with Crippen LogP contribution in [0.15, 0.2) is 84.3 Å². The van der Waals surface area contributed by atoms with E-state index in [0.717, 1.165) is 0 Å². The third-order valence-electron chi connectivity index (χ3n) is 6.11. The Bertz CT molecular complexity index is 1030. The standard InChI is InChI=1S/C26H25NS/c1-16(2)18-12-14-19(15-13-18)26-24-17(3)20-8-4-5-9-21(20)25(24)27-22-10-6-7-11-23(22)28-26/h4-16,24-27H,3H2,1-2H3. The SMILES string of the molecule is C=C1c2ccccc2C2Nc3ccccc3SC(c3ccc(C(C)C)cc3)C12. The van der Waals surface area contributed by atoms with Gasteiger partial charge in [0.05, 0.1) is 6.04 Å². The molecule has 3 aromatic rings. The van der Waals surface area contributed by atoms with Gasteiger partial charge in [0.25, 0.3) is 0 Å². The lowest BCUT2D eigenvalue weighted by Gasteiger charge is -2.27. The van der Waals surface area contributed by atoms with Crippen molar-refractivity contribution in [2.24, 2.45) is 5.92 Å². The highest BCUT2D eigenvalue weighted by Gasteiger charge is 2.43. The number of hydrogen-bond donors (Lipinski definition) is 1. The molecule has 1 nitrogen and oxygen atoms in total. The molecule has 0 radical (unpaired) electrons. The first kappa shape index (κ1) is 17.6. The van der Waals surface area contributed by atoms with E-state index in [9.17, 15) is 0 Å². The minimum absolute atomic E-state index is 0.259. The zero-order valence-electron chi connectivity index (χ0n) is 16.4. The van der Waals surface area contributed by atoms with Crippen LogP contribution in [0.1, 0.15) is 53.3 Å². The smallest absolute Gasteiger partial charge is 0.0602 e. The van der Waals surface area contributed by atoms with Gasteiger partial charge in [0.2, 0.25) is 0 Å². The maximum atomic E-state index is 4.55. The quantitative estimate of drug-likeness (QED) is 0.493. The van der Waals surface area contributed by atoms with Gasteiger partial charge in [-0.1, -0.05) is 81.1 Å². The fourth-order valence-corrected chi connectivity index (χ4v) is 6.02. The highest BCUT2D eigenvalue weighted by atomic mass is 32.2. The second-order valence-electron chi connectivity index (χ2n) is 8.12. The largest absolute Gasteiger partial charge is 0.377 e. The Morgan fingerprint density at radius 3 is 2.39 bits per heavy atom. The summed E-state index contributed by atoms with van der Waals surface area (Å²) < 4.78 is 0. The van der Waals surface area contributed by atoms with E-state index in [0.29, 0.717) is 17.1 Å². The van der Waals surface area contributed by atoms with E-state index < -0.39 is 0 Å². The van der Waals surface area contributed by atoms with Crippen molar-refractivity contribution in [3.05, 3.63) is 102 Å². The summed E-state index contributed by atoms with van der Waals surface area (Å²) in [5, 5.41) is 4.19. The summed E-state index contributed by atoms with van der Waals surface area (Å²) in [6, 6.07) is 27.0. The summed E-state index contributed by atoms with van der Waals surface area (Å²) in [5.41, 5.74) is 7.95. The van der Waals surface area contributed by atoms with Gasteiger partial charge in [0.1, 0.15) is 0 Å². The Balaban J connectivity index is 1.64. The molecule has 28 heavy (non-hydrogen) atoms. The Labute approximate surface area is 171 Å². The zero-order valence-corrected chi connectivity index (χ0v) is 17.2. The Morgan fingerprint density at radius 1 is 0.893 bits per heavy atom. The maximum absolute atomic E-state index is 4.55. The lowest BCUT2D eigenvalue weighted by Crippen LogP contribution is -2.19. The Hall–Kier alpha value is -2.45. The number of thioether (sulfide) groups is 1. The maximum Gasteiger partial charge on any atom is 0.0602 e. The molecule has 3 unspecified atom stereocenters. The Morgan fingerprint density at radius 2 is 1.61 bits per heavy atom. The van der Waals surface area contributed by atoms with Crippen molar-refractivity contribution >= 4 is 23.0 Å². The van der Waals surface area contributed by atoms with Gasteiger partial charge in [-0.2, -0.15) is 0 Å². The number of nitrogens with one attached hydrogen (secondary N) is 1. The van der Waals surface area contributed by atoms with Crippen LogP contribution in [0.4, 0.5) is 5.69 Å². The van der Waals surface area contributed by atoms with E-state index >= 15 is 0 Å². The molecule has 140 valence electrons. The number of fused-ring (bicyclic) bond motifs is 4. The molecule has 0 spiro atoms. The molecule has 0 aromatic heterocycles. The predicted molar refractivity (Wildman–Crippen MR) is 121 cm³/mol. The van der Waals surface area contributed by atoms with E-state index in [1.165, 1.54) is 38.4 Å². The zero-order chi connectivity index (χ0) is 19.3. The van der Waals surface area contributed by atoms with Gasteiger partial charge in [0.15, 0.2) is 0 Å². The van der Waals surface area contributed by atoms with Gasteiger partial charge in [-0.3, -0.25) is 0 Å². The van der Waals surface area contributed by atoms with Crippen LogP contribution in [0.2, 0.25) is 0 Å².